The van der Waals surface area contributed by atoms with Crippen molar-refractivity contribution in [3.8, 4) is 0 Å². The van der Waals surface area contributed by atoms with E-state index >= 15 is 0 Å². The van der Waals surface area contributed by atoms with Gasteiger partial charge in [-0.2, -0.15) is 0 Å². The summed E-state index contributed by atoms with van der Waals surface area (Å²) in [6, 6.07) is -0.825. The van der Waals surface area contributed by atoms with Crippen LogP contribution in [0.5, 0.6) is 0 Å². The number of nitrogens with one attached hydrogen (secondary N) is 1. The molecule has 0 heterocycles. The van der Waals surface area contributed by atoms with Crippen LogP contribution >= 0.6 is 0 Å². The lowest BCUT2D eigenvalue weighted by atomic mass is 10.0. The maximum absolute atomic E-state index is 12.5. The van der Waals surface area contributed by atoms with Crippen molar-refractivity contribution >= 4 is 5.91 Å². The van der Waals surface area contributed by atoms with Gasteiger partial charge in [-0.1, -0.05) is 224 Å². The molecule has 0 aliphatic rings. The number of hydrogen-bond donors (Lipinski definition) is 4. The van der Waals surface area contributed by atoms with Crippen molar-refractivity contribution in [1.82, 2.24) is 5.32 Å². The molecule has 1 amide bonds. The number of aliphatic hydroxyl groups is 3. The Morgan fingerprint density at radius 2 is 0.714 bits per heavy atom. The molecule has 5 nitrogen and oxygen atoms in total. The highest BCUT2D eigenvalue weighted by atomic mass is 16.3. The van der Waals surface area contributed by atoms with Gasteiger partial charge >= 0.3 is 0 Å². The molecule has 332 valence electrons. The Balaban J connectivity index is 3.59. The van der Waals surface area contributed by atoms with Crippen molar-refractivity contribution in [3.63, 3.8) is 0 Å². The zero-order valence-corrected chi connectivity index (χ0v) is 37.8. The van der Waals surface area contributed by atoms with Crippen molar-refractivity contribution in [2.24, 2.45) is 0 Å². The summed E-state index contributed by atoms with van der Waals surface area (Å²) in [5, 5.41) is 33.6. The Morgan fingerprint density at radius 3 is 1.04 bits per heavy atom. The molecule has 0 saturated carbocycles. The minimum Gasteiger partial charge on any atom is -0.394 e. The van der Waals surface area contributed by atoms with Crippen LogP contribution in [0.3, 0.4) is 0 Å². The van der Waals surface area contributed by atoms with Gasteiger partial charge in [0.05, 0.1) is 18.8 Å². The summed E-state index contributed by atoms with van der Waals surface area (Å²) in [6.45, 7) is 4.19. The number of unbranched alkanes of at least 4 members (excludes halogenated alkanes) is 34. The molecule has 3 unspecified atom stereocenters. The second-order valence-corrected chi connectivity index (χ2v) is 17.4. The van der Waals surface area contributed by atoms with Gasteiger partial charge in [0.15, 0.2) is 0 Å². The quantitative estimate of drug-likeness (QED) is 0.0365. The van der Waals surface area contributed by atoms with Crippen LogP contribution in [0.1, 0.15) is 271 Å². The fourth-order valence-corrected chi connectivity index (χ4v) is 7.86. The lowest BCUT2D eigenvalue weighted by molar-refractivity contribution is -0.124. The lowest BCUT2D eigenvalue weighted by Crippen LogP contribution is -2.50. The van der Waals surface area contributed by atoms with Crippen LogP contribution in [0.2, 0.25) is 0 Å². The van der Waals surface area contributed by atoms with Crippen LogP contribution in [0.15, 0.2) is 24.3 Å². The normalized spacial score (nSPS) is 13.6. The highest BCUT2D eigenvalue weighted by Gasteiger charge is 2.26. The molecule has 5 heteroatoms. The average Bonchev–Trinajstić information content (AvgIpc) is 3.20. The van der Waals surface area contributed by atoms with Crippen molar-refractivity contribution in [2.45, 2.75) is 289 Å². The van der Waals surface area contributed by atoms with Crippen LogP contribution in [0, 0.1) is 0 Å². The molecule has 0 aromatic heterocycles. The van der Waals surface area contributed by atoms with Gasteiger partial charge in [0.2, 0.25) is 5.91 Å². The molecule has 0 aliphatic carbocycles. The summed E-state index contributed by atoms with van der Waals surface area (Å²) in [5.74, 6) is -0.154. The number of allylic oxidation sites excluding steroid dienone is 4. The predicted molar refractivity (Wildman–Crippen MR) is 245 cm³/mol. The summed E-state index contributed by atoms with van der Waals surface area (Å²) >= 11 is 0. The second kappa shape index (κ2) is 46.5. The van der Waals surface area contributed by atoms with Crippen LogP contribution < -0.4 is 5.32 Å². The van der Waals surface area contributed by atoms with E-state index in [9.17, 15) is 20.1 Å². The van der Waals surface area contributed by atoms with Crippen molar-refractivity contribution in [3.05, 3.63) is 24.3 Å². The monoisotopic (exact) mass is 790 g/mol. The first-order chi connectivity index (χ1) is 27.6. The molecule has 0 fully saturated rings. The molecule has 0 radical (unpaired) electrons. The largest absolute Gasteiger partial charge is 0.394 e. The fourth-order valence-electron chi connectivity index (χ4n) is 7.86. The van der Waals surface area contributed by atoms with Gasteiger partial charge in [-0.3, -0.25) is 4.79 Å². The van der Waals surface area contributed by atoms with E-state index in [2.05, 4.69) is 43.5 Å². The molecule has 4 N–H and O–H groups in total. The predicted octanol–water partition coefficient (Wildman–Crippen LogP) is 14.9. The summed E-state index contributed by atoms with van der Waals surface area (Å²) in [6.07, 6.45) is 57.4. The maximum atomic E-state index is 12.5. The molecule has 0 saturated heterocycles. The van der Waals surface area contributed by atoms with E-state index in [4.69, 9.17) is 0 Å². The van der Waals surface area contributed by atoms with Gasteiger partial charge < -0.3 is 20.6 Å². The van der Waals surface area contributed by atoms with Gasteiger partial charge in [-0.25, -0.2) is 0 Å². The van der Waals surface area contributed by atoms with E-state index in [-0.39, 0.29) is 12.5 Å². The number of amides is 1. The Hall–Kier alpha value is -1.17. The third kappa shape index (κ3) is 41.0. The van der Waals surface area contributed by atoms with Crippen molar-refractivity contribution in [2.75, 3.05) is 6.61 Å². The Kier molecular flexibility index (Phi) is 45.5. The number of hydrogen-bond acceptors (Lipinski definition) is 4. The van der Waals surface area contributed by atoms with Gasteiger partial charge in [0.1, 0.15) is 6.10 Å². The lowest BCUT2D eigenvalue weighted by Gasteiger charge is -2.26. The molecule has 0 aromatic carbocycles. The molecular formula is C51H99NO4. The van der Waals surface area contributed by atoms with E-state index in [1.165, 1.54) is 205 Å². The molecule has 0 bridgehead atoms. The Bertz CT molecular complexity index is 829. The summed E-state index contributed by atoms with van der Waals surface area (Å²) in [7, 11) is 0. The molecule has 3 atom stereocenters. The van der Waals surface area contributed by atoms with Crippen molar-refractivity contribution in [1.29, 1.82) is 0 Å². The topological polar surface area (TPSA) is 89.8 Å². The number of rotatable bonds is 46. The number of carbonyl (C=O) groups is 1. The van der Waals surface area contributed by atoms with E-state index < -0.39 is 18.2 Å². The fraction of sp³-hybridized carbons (Fsp3) is 0.902. The zero-order valence-electron chi connectivity index (χ0n) is 37.8. The molecule has 56 heavy (non-hydrogen) atoms. The van der Waals surface area contributed by atoms with Gasteiger partial charge in [-0.05, 0) is 64.2 Å². The summed E-state index contributed by atoms with van der Waals surface area (Å²) < 4.78 is 0. The third-order valence-corrected chi connectivity index (χ3v) is 11.8. The first-order valence-electron chi connectivity index (χ1n) is 25.1. The SMILES string of the molecule is CCCCCCCCCCCCCC/C=C\CCCCCCCCCCCC(=O)NC(CO)C(O)C(O)CCC/C=C/CCCCCCCCCCCCCC. The van der Waals surface area contributed by atoms with Gasteiger partial charge in [0, 0.05) is 6.42 Å². The Labute approximate surface area is 350 Å². The maximum Gasteiger partial charge on any atom is 0.220 e. The highest BCUT2D eigenvalue weighted by molar-refractivity contribution is 5.76. The van der Waals surface area contributed by atoms with Gasteiger partial charge in [0.25, 0.3) is 0 Å². The highest BCUT2D eigenvalue weighted by Crippen LogP contribution is 2.16. The molecule has 0 aromatic rings. The van der Waals surface area contributed by atoms with Crippen LogP contribution in [0.25, 0.3) is 0 Å². The molecule has 0 rings (SSSR count). The van der Waals surface area contributed by atoms with Crippen LogP contribution in [-0.2, 0) is 4.79 Å². The molecule has 0 spiro atoms. The minimum atomic E-state index is -1.16. The molecule has 0 aliphatic heterocycles. The number of aliphatic hydroxyl groups excluding tert-OH is 3. The summed E-state index contributed by atoms with van der Waals surface area (Å²) in [5.41, 5.74) is 0. The van der Waals surface area contributed by atoms with E-state index in [0.717, 1.165) is 38.5 Å². The van der Waals surface area contributed by atoms with E-state index in [0.29, 0.717) is 12.8 Å². The van der Waals surface area contributed by atoms with Gasteiger partial charge in [-0.15, -0.1) is 0 Å². The first-order valence-corrected chi connectivity index (χ1v) is 25.1. The second-order valence-electron chi connectivity index (χ2n) is 17.4. The zero-order chi connectivity index (χ0) is 40.8. The van der Waals surface area contributed by atoms with E-state index in [1.54, 1.807) is 0 Å². The Morgan fingerprint density at radius 1 is 0.429 bits per heavy atom. The number of carbonyl (C=O) groups excluding carboxylic acids is 1. The van der Waals surface area contributed by atoms with Crippen molar-refractivity contribution < 1.29 is 20.1 Å². The third-order valence-electron chi connectivity index (χ3n) is 11.8. The van der Waals surface area contributed by atoms with E-state index in [1.807, 2.05) is 0 Å². The average molecular weight is 790 g/mol. The van der Waals surface area contributed by atoms with Crippen LogP contribution in [0.4, 0.5) is 0 Å². The summed E-state index contributed by atoms with van der Waals surface area (Å²) in [4.78, 5) is 12.5. The smallest absolute Gasteiger partial charge is 0.220 e. The molecular weight excluding hydrogens is 691 g/mol. The van der Waals surface area contributed by atoms with Crippen LogP contribution in [-0.4, -0.2) is 46.1 Å². The first kappa shape index (κ1) is 54.8. The standard InChI is InChI=1S/C51H99NO4/c1-3-5-7-9-11-13-15-17-19-21-22-23-24-25-26-27-28-30-32-34-36-38-40-42-44-46-50(55)52-48(47-53)51(56)49(54)45-43-41-39-37-35-33-31-29-20-18-16-14-12-10-8-6-4-2/h25-26,37,39,48-49,51,53-54,56H,3-24,27-36,38,40-47H2,1-2H3,(H,52,55)/b26-25-,39-37+. The minimum absolute atomic E-state index is 0.154.